The van der Waals surface area contributed by atoms with Crippen molar-refractivity contribution in [2.45, 2.75) is 40.0 Å². The van der Waals surface area contributed by atoms with Gasteiger partial charge < -0.3 is 19.7 Å². The monoisotopic (exact) mass is 438 g/mol. The maximum absolute atomic E-state index is 12.7. The predicted molar refractivity (Wildman–Crippen MR) is 126 cm³/mol. The van der Waals surface area contributed by atoms with Crippen LogP contribution in [0.3, 0.4) is 0 Å². The lowest BCUT2D eigenvalue weighted by molar-refractivity contribution is -0.134. The number of hydrogen-bond acceptors (Lipinski definition) is 6. The Morgan fingerprint density at radius 3 is 2.41 bits per heavy atom. The first kappa shape index (κ1) is 22.5. The number of carbonyl (C=O) groups is 1. The molecule has 0 atom stereocenters. The van der Waals surface area contributed by atoms with Crippen molar-refractivity contribution in [2.75, 3.05) is 50.7 Å². The van der Waals surface area contributed by atoms with Crippen LogP contribution in [-0.4, -0.2) is 76.5 Å². The van der Waals surface area contributed by atoms with Crippen molar-refractivity contribution >= 4 is 11.7 Å². The molecule has 0 radical (unpaired) electrons. The molecule has 172 valence electrons. The third-order valence-corrected chi connectivity index (χ3v) is 6.99. The summed E-state index contributed by atoms with van der Waals surface area (Å²) in [5.41, 5.74) is 2.07. The molecule has 2 aromatic rings. The molecule has 1 amide bonds. The van der Waals surface area contributed by atoms with Crippen molar-refractivity contribution in [1.29, 1.82) is 0 Å². The van der Waals surface area contributed by atoms with Crippen LogP contribution in [0.25, 0.3) is 11.4 Å². The second kappa shape index (κ2) is 9.81. The van der Waals surface area contributed by atoms with Crippen LogP contribution < -0.4 is 10.5 Å². The number of amides is 1. The molecule has 0 aromatic carbocycles. The van der Waals surface area contributed by atoms with Gasteiger partial charge in [0.05, 0.1) is 0 Å². The van der Waals surface area contributed by atoms with E-state index in [4.69, 9.17) is 0 Å². The fourth-order valence-electron chi connectivity index (χ4n) is 4.55. The molecule has 4 heterocycles. The Kier molecular flexibility index (Phi) is 6.89. The van der Waals surface area contributed by atoms with E-state index in [1.165, 1.54) is 0 Å². The van der Waals surface area contributed by atoms with E-state index < -0.39 is 0 Å². The van der Waals surface area contributed by atoms with Crippen molar-refractivity contribution in [3.8, 4) is 11.4 Å². The predicted octanol–water partition coefficient (Wildman–Crippen LogP) is 2.22. The first-order chi connectivity index (χ1) is 15.4. The Morgan fingerprint density at radius 2 is 1.81 bits per heavy atom. The maximum Gasteiger partial charge on any atom is 0.254 e. The quantitative estimate of drug-likeness (QED) is 0.771. The van der Waals surface area contributed by atoms with Crippen molar-refractivity contribution in [2.24, 2.45) is 5.92 Å². The first-order valence-corrected chi connectivity index (χ1v) is 11.7. The van der Waals surface area contributed by atoms with Crippen molar-refractivity contribution in [1.82, 2.24) is 24.8 Å². The highest BCUT2D eigenvalue weighted by atomic mass is 16.2. The number of carbonyl (C=O) groups excluding carboxylic acids is 1. The molecule has 2 fully saturated rings. The number of H-pyrrole nitrogens is 1. The Bertz CT molecular complexity index is 987. The van der Waals surface area contributed by atoms with Crippen molar-refractivity contribution < 1.29 is 4.79 Å². The van der Waals surface area contributed by atoms with Crippen LogP contribution in [0.5, 0.6) is 0 Å². The third kappa shape index (κ3) is 5.01. The fourth-order valence-corrected chi connectivity index (χ4v) is 4.55. The Morgan fingerprint density at radius 1 is 1.09 bits per heavy atom. The zero-order valence-electron chi connectivity index (χ0n) is 19.4. The second-order valence-corrected chi connectivity index (χ2v) is 8.98. The first-order valence-electron chi connectivity index (χ1n) is 11.7. The van der Waals surface area contributed by atoms with Gasteiger partial charge in [-0.05, 0) is 51.3 Å². The molecule has 0 aliphatic carbocycles. The zero-order valence-corrected chi connectivity index (χ0v) is 19.4. The molecule has 32 heavy (non-hydrogen) atoms. The Hall–Kier alpha value is -2.74. The van der Waals surface area contributed by atoms with E-state index in [0.717, 1.165) is 75.7 Å². The van der Waals surface area contributed by atoms with E-state index in [9.17, 15) is 9.59 Å². The molecule has 2 aliphatic rings. The van der Waals surface area contributed by atoms with Gasteiger partial charge in [-0.2, -0.15) is 0 Å². The molecule has 2 aromatic heterocycles. The van der Waals surface area contributed by atoms with Gasteiger partial charge in [0.2, 0.25) is 5.91 Å². The molecular formula is C24H34N6O2. The minimum absolute atomic E-state index is 0.111. The highest BCUT2D eigenvalue weighted by Crippen LogP contribution is 2.26. The molecule has 0 unspecified atom stereocenters. The molecule has 0 spiro atoms. The van der Waals surface area contributed by atoms with E-state index in [2.05, 4.69) is 31.7 Å². The summed E-state index contributed by atoms with van der Waals surface area (Å²) in [4.78, 5) is 43.4. The minimum Gasteiger partial charge on any atom is -0.357 e. The summed E-state index contributed by atoms with van der Waals surface area (Å²) in [7, 11) is 0. The zero-order chi connectivity index (χ0) is 22.7. The number of nitrogens with one attached hydrogen (secondary N) is 1. The van der Waals surface area contributed by atoms with Gasteiger partial charge in [0.25, 0.3) is 5.56 Å². The second-order valence-electron chi connectivity index (χ2n) is 8.98. The number of aromatic amines is 1. The standard InChI is InChI=1S/C24H34N6O2/c1-4-28-11-13-30(14-12-28)22(31)15-19-7-9-29(10-8-19)21-6-5-20(16-25-21)23-26-18(3)17(2)24(32)27-23/h5-6,16,19H,4,7-15H2,1-3H3,(H,26,27,32). The summed E-state index contributed by atoms with van der Waals surface area (Å²) in [5, 5.41) is 0. The van der Waals surface area contributed by atoms with E-state index in [0.29, 0.717) is 29.6 Å². The van der Waals surface area contributed by atoms with E-state index >= 15 is 0 Å². The van der Waals surface area contributed by atoms with Gasteiger partial charge in [0, 0.05) is 68.7 Å². The van der Waals surface area contributed by atoms with Crippen LogP contribution >= 0.6 is 0 Å². The van der Waals surface area contributed by atoms with Gasteiger partial charge in [-0.1, -0.05) is 6.92 Å². The van der Waals surface area contributed by atoms with Crippen LogP contribution in [-0.2, 0) is 4.79 Å². The molecule has 4 rings (SSSR count). The average Bonchev–Trinajstić information content (AvgIpc) is 2.83. The Labute approximate surface area is 189 Å². The van der Waals surface area contributed by atoms with E-state index in [1.54, 1.807) is 13.1 Å². The molecule has 1 N–H and O–H groups in total. The normalized spacial score (nSPS) is 18.2. The summed E-state index contributed by atoms with van der Waals surface area (Å²) >= 11 is 0. The molecular weight excluding hydrogens is 404 g/mol. The third-order valence-electron chi connectivity index (χ3n) is 6.99. The molecule has 0 bridgehead atoms. The van der Waals surface area contributed by atoms with E-state index in [-0.39, 0.29) is 5.56 Å². The summed E-state index contributed by atoms with van der Waals surface area (Å²) < 4.78 is 0. The van der Waals surface area contributed by atoms with Crippen LogP contribution in [0.1, 0.15) is 37.4 Å². The van der Waals surface area contributed by atoms with Gasteiger partial charge in [0.1, 0.15) is 11.6 Å². The number of aromatic nitrogens is 3. The number of pyridine rings is 1. The number of rotatable bonds is 5. The minimum atomic E-state index is -0.111. The lowest BCUT2D eigenvalue weighted by atomic mass is 9.93. The van der Waals surface area contributed by atoms with Crippen LogP contribution in [0.4, 0.5) is 5.82 Å². The van der Waals surface area contributed by atoms with Crippen LogP contribution in [0.2, 0.25) is 0 Å². The van der Waals surface area contributed by atoms with Crippen LogP contribution in [0.15, 0.2) is 23.1 Å². The smallest absolute Gasteiger partial charge is 0.254 e. The fraction of sp³-hybridized carbons (Fsp3) is 0.583. The van der Waals surface area contributed by atoms with Gasteiger partial charge in [-0.15, -0.1) is 0 Å². The van der Waals surface area contributed by atoms with E-state index in [1.807, 2.05) is 24.0 Å². The lowest BCUT2D eigenvalue weighted by Gasteiger charge is -2.36. The van der Waals surface area contributed by atoms with Crippen molar-refractivity contribution in [3.05, 3.63) is 39.9 Å². The largest absolute Gasteiger partial charge is 0.357 e. The highest BCUT2D eigenvalue weighted by molar-refractivity contribution is 5.76. The topological polar surface area (TPSA) is 85.4 Å². The number of anilines is 1. The molecule has 2 aliphatic heterocycles. The highest BCUT2D eigenvalue weighted by Gasteiger charge is 2.26. The number of hydrogen-bond donors (Lipinski definition) is 1. The summed E-state index contributed by atoms with van der Waals surface area (Å²) in [5.74, 6) is 2.25. The number of piperazine rings is 1. The molecule has 0 saturated carbocycles. The maximum atomic E-state index is 12.7. The summed E-state index contributed by atoms with van der Waals surface area (Å²) in [6.07, 6.45) is 4.46. The number of piperidine rings is 1. The average molecular weight is 439 g/mol. The van der Waals surface area contributed by atoms with Gasteiger partial charge >= 0.3 is 0 Å². The van der Waals surface area contributed by atoms with Crippen LogP contribution in [0, 0.1) is 19.8 Å². The molecule has 2 saturated heterocycles. The molecule has 8 heteroatoms. The summed E-state index contributed by atoms with van der Waals surface area (Å²) in [6, 6.07) is 3.95. The number of nitrogens with zero attached hydrogens (tertiary/aromatic N) is 5. The van der Waals surface area contributed by atoms with Gasteiger partial charge in [-0.25, -0.2) is 9.97 Å². The summed E-state index contributed by atoms with van der Waals surface area (Å²) in [6.45, 7) is 12.4. The SMILES string of the molecule is CCN1CCN(C(=O)CC2CCN(c3ccc(-c4nc(C)c(C)c(=O)[nH]4)cn3)CC2)CC1. The molecule has 8 nitrogen and oxygen atoms in total. The van der Waals surface area contributed by atoms with Gasteiger partial charge in [0.15, 0.2) is 0 Å². The number of likely N-dealkylation sites (N-methyl/N-ethyl adjacent to an activating group) is 1. The van der Waals surface area contributed by atoms with Gasteiger partial charge in [-0.3, -0.25) is 9.59 Å². The van der Waals surface area contributed by atoms with Crippen molar-refractivity contribution in [3.63, 3.8) is 0 Å². The lowest BCUT2D eigenvalue weighted by Crippen LogP contribution is -2.49. The Balaban J connectivity index is 1.30. The number of aryl methyl sites for hydroxylation is 1.